The molecule has 0 aliphatic heterocycles. The third-order valence-electron chi connectivity index (χ3n) is 10.0. The van der Waals surface area contributed by atoms with Gasteiger partial charge in [0.1, 0.15) is 0 Å². The highest BCUT2D eigenvalue weighted by Gasteiger charge is 2.37. The molecule has 3 heterocycles. The highest BCUT2D eigenvalue weighted by molar-refractivity contribution is 7.26. The van der Waals surface area contributed by atoms with Crippen LogP contribution in [0.15, 0.2) is 140 Å². The van der Waals surface area contributed by atoms with Crippen molar-refractivity contribution < 1.29 is 0 Å². The second kappa shape index (κ2) is 9.71. The van der Waals surface area contributed by atoms with Gasteiger partial charge in [-0.25, -0.2) is 9.97 Å². The van der Waals surface area contributed by atoms with Crippen molar-refractivity contribution >= 4 is 53.4 Å². The SMILES string of the molecule is CC1(C)c2ccccc2-c2c1ccc1c2c2ccccc2n1-c1ccccc1-c1nc(-c2ccccc2)c2sc3ccccc3c2n1. The lowest BCUT2D eigenvalue weighted by atomic mass is 9.82. The first-order valence-electron chi connectivity index (χ1n) is 16.1. The lowest BCUT2D eigenvalue weighted by Crippen LogP contribution is -2.14. The van der Waals surface area contributed by atoms with Crippen LogP contribution >= 0.6 is 11.3 Å². The third-order valence-corrected chi connectivity index (χ3v) is 11.2. The van der Waals surface area contributed by atoms with Crippen molar-refractivity contribution in [2.45, 2.75) is 19.3 Å². The van der Waals surface area contributed by atoms with Gasteiger partial charge in [-0.3, -0.25) is 0 Å². The number of nitrogens with zero attached hydrogens (tertiary/aromatic N) is 3. The van der Waals surface area contributed by atoms with E-state index in [1.165, 1.54) is 54.1 Å². The topological polar surface area (TPSA) is 30.7 Å². The number of thiophene rings is 1. The van der Waals surface area contributed by atoms with E-state index >= 15 is 0 Å². The zero-order valence-corrected chi connectivity index (χ0v) is 26.8. The predicted octanol–water partition coefficient (Wildman–Crippen LogP) is 11.6. The Morgan fingerprint density at radius 1 is 0.574 bits per heavy atom. The second-order valence-corrected chi connectivity index (χ2v) is 14.0. The maximum absolute atomic E-state index is 5.36. The Morgan fingerprint density at radius 2 is 1.28 bits per heavy atom. The molecule has 0 saturated heterocycles. The third kappa shape index (κ3) is 3.67. The quantitative estimate of drug-likeness (QED) is 0.197. The molecule has 9 aromatic rings. The Bertz CT molecular complexity index is 2710. The van der Waals surface area contributed by atoms with Crippen molar-refractivity contribution in [3.8, 4) is 39.5 Å². The van der Waals surface area contributed by atoms with E-state index in [0.29, 0.717) is 0 Å². The number of benzene rings is 6. The van der Waals surface area contributed by atoms with Crippen molar-refractivity contribution in [1.29, 1.82) is 0 Å². The molecule has 47 heavy (non-hydrogen) atoms. The molecule has 0 amide bonds. The molecular weight excluding hydrogens is 591 g/mol. The molecule has 0 atom stereocenters. The van der Waals surface area contributed by atoms with Crippen molar-refractivity contribution in [1.82, 2.24) is 14.5 Å². The second-order valence-electron chi connectivity index (χ2n) is 13.0. The summed E-state index contributed by atoms with van der Waals surface area (Å²) < 4.78 is 4.77. The van der Waals surface area contributed by atoms with Crippen molar-refractivity contribution in [3.63, 3.8) is 0 Å². The molecule has 1 aliphatic carbocycles. The molecule has 3 nitrogen and oxygen atoms in total. The summed E-state index contributed by atoms with van der Waals surface area (Å²) in [4.78, 5) is 10.7. The number of hydrogen-bond donors (Lipinski definition) is 0. The predicted molar refractivity (Wildman–Crippen MR) is 198 cm³/mol. The normalized spacial score (nSPS) is 13.5. The van der Waals surface area contributed by atoms with Crippen LogP contribution < -0.4 is 0 Å². The minimum Gasteiger partial charge on any atom is -0.308 e. The summed E-state index contributed by atoms with van der Waals surface area (Å²) in [6.45, 7) is 4.70. The van der Waals surface area contributed by atoms with E-state index in [0.717, 1.165) is 38.5 Å². The Labute approximate surface area is 276 Å². The van der Waals surface area contributed by atoms with Crippen LogP contribution in [-0.4, -0.2) is 14.5 Å². The molecule has 0 saturated carbocycles. The lowest BCUT2D eigenvalue weighted by molar-refractivity contribution is 0.661. The van der Waals surface area contributed by atoms with Crippen molar-refractivity contribution in [2.75, 3.05) is 0 Å². The summed E-state index contributed by atoms with van der Waals surface area (Å²) >= 11 is 1.77. The number of rotatable bonds is 3. The molecule has 3 aromatic heterocycles. The molecule has 0 N–H and O–H groups in total. The van der Waals surface area contributed by atoms with Crippen LogP contribution in [0.4, 0.5) is 0 Å². The molecular formula is C43H29N3S. The smallest absolute Gasteiger partial charge is 0.162 e. The van der Waals surface area contributed by atoms with Crippen LogP contribution in [0.1, 0.15) is 25.0 Å². The molecule has 0 unspecified atom stereocenters. The van der Waals surface area contributed by atoms with Gasteiger partial charge in [0.15, 0.2) is 5.82 Å². The molecule has 1 aliphatic rings. The average molecular weight is 620 g/mol. The van der Waals surface area contributed by atoms with Gasteiger partial charge in [0, 0.05) is 37.4 Å². The zero-order valence-electron chi connectivity index (χ0n) is 26.0. The van der Waals surface area contributed by atoms with Gasteiger partial charge in [-0.15, -0.1) is 11.3 Å². The monoisotopic (exact) mass is 619 g/mol. The van der Waals surface area contributed by atoms with Gasteiger partial charge >= 0.3 is 0 Å². The molecule has 222 valence electrons. The minimum atomic E-state index is -0.0678. The first-order chi connectivity index (χ1) is 23.1. The van der Waals surface area contributed by atoms with Crippen LogP contribution in [0.25, 0.3) is 81.6 Å². The van der Waals surface area contributed by atoms with Crippen LogP contribution in [0.5, 0.6) is 0 Å². The molecule has 6 aromatic carbocycles. The van der Waals surface area contributed by atoms with Gasteiger partial charge in [0.25, 0.3) is 0 Å². The summed E-state index contributed by atoms with van der Waals surface area (Å²) in [7, 11) is 0. The van der Waals surface area contributed by atoms with E-state index in [1.807, 2.05) is 0 Å². The van der Waals surface area contributed by atoms with E-state index in [4.69, 9.17) is 9.97 Å². The first kappa shape index (κ1) is 26.6. The van der Waals surface area contributed by atoms with E-state index < -0.39 is 0 Å². The van der Waals surface area contributed by atoms with E-state index in [9.17, 15) is 0 Å². The summed E-state index contributed by atoms with van der Waals surface area (Å²) in [5.41, 5.74) is 12.9. The van der Waals surface area contributed by atoms with Gasteiger partial charge in [0.2, 0.25) is 0 Å². The maximum Gasteiger partial charge on any atom is 0.162 e. The molecule has 4 heteroatoms. The molecule has 0 radical (unpaired) electrons. The fraction of sp³-hybridized carbons (Fsp3) is 0.0698. The molecule has 0 spiro atoms. The van der Waals surface area contributed by atoms with E-state index in [-0.39, 0.29) is 5.41 Å². The fourth-order valence-electron chi connectivity index (χ4n) is 7.87. The number of aromatic nitrogens is 3. The number of fused-ring (bicyclic) bond motifs is 10. The van der Waals surface area contributed by atoms with Crippen LogP contribution in [0.3, 0.4) is 0 Å². The fourth-order valence-corrected chi connectivity index (χ4v) is 9.03. The Hall–Kier alpha value is -5.58. The average Bonchev–Trinajstić information content (AvgIpc) is 3.74. The highest BCUT2D eigenvalue weighted by atomic mass is 32.1. The van der Waals surface area contributed by atoms with Gasteiger partial charge < -0.3 is 4.57 Å². The number of para-hydroxylation sites is 2. The van der Waals surface area contributed by atoms with Crippen molar-refractivity contribution in [2.24, 2.45) is 0 Å². The minimum absolute atomic E-state index is 0.0678. The highest BCUT2D eigenvalue weighted by Crippen LogP contribution is 2.53. The van der Waals surface area contributed by atoms with Gasteiger partial charge in [0.05, 0.1) is 32.6 Å². The van der Waals surface area contributed by atoms with Crippen LogP contribution in [-0.2, 0) is 5.41 Å². The van der Waals surface area contributed by atoms with Crippen molar-refractivity contribution in [3.05, 3.63) is 151 Å². The molecule has 10 rings (SSSR count). The maximum atomic E-state index is 5.36. The summed E-state index contributed by atoms with van der Waals surface area (Å²) in [5.74, 6) is 0.731. The zero-order chi connectivity index (χ0) is 31.3. The Kier molecular flexibility index (Phi) is 5.50. The number of hydrogen-bond acceptors (Lipinski definition) is 3. The summed E-state index contributed by atoms with van der Waals surface area (Å²) in [6.07, 6.45) is 0. The summed E-state index contributed by atoms with van der Waals surface area (Å²) in [6, 6.07) is 50.1. The largest absolute Gasteiger partial charge is 0.308 e. The lowest BCUT2D eigenvalue weighted by Gasteiger charge is -2.21. The van der Waals surface area contributed by atoms with Gasteiger partial charge in [-0.1, -0.05) is 123 Å². The van der Waals surface area contributed by atoms with Crippen LogP contribution in [0, 0.1) is 0 Å². The van der Waals surface area contributed by atoms with Gasteiger partial charge in [-0.2, -0.15) is 0 Å². The Morgan fingerprint density at radius 3 is 2.15 bits per heavy atom. The summed E-state index contributed by atoms with van der Waals surface area (Å²) in [5, 5.41) is 3.72. The molecule has 0 fully saturated rings. The first-order valence-corrected chi connectivity index (χ1v) is 16.9. The molecule has 0 bridgehead atoms. The Balaban J connectivity index is 1.30. The van der Waals surface area contributed by atoms with Gasteiger partial charge in [-0.05, 0) is 52.6 Å². The standard InChI is InChI=1S/C43H29N3S/c1-43(2)31-20-10-6-16-27(31)37-32(43)24-25-35-38(37)28-17-7-11-21-33(28)46(35)34-22-12-8-18-29(34)42-44-39(26-14-4-3-5-15-26)41-40(45-42)30-19-9-13-23-36(30)47-41/h3-25H,1-2H3. The van der Waals surface area contributed by atoms with Crippen LogP contribution in [0.2, 0.25) is 0 Å². The van der Waals surface area contributed by atoms with E-state index in [2.05, 4.69) is 158 Å². The van der Waals surface area contributed by atoms with E-state index in [1.54, 1.807) is 11.3 Å².